The number of benzene rings is 2. The lowest BCUT2D eigenvalue weighted by Gasteiger charge is -2.25. The van der Waals surface area contributed by atoms with E-state index in [0.717, 1.165) is 55.0 Å². The first-order chi connectivity index (χ1) is 18.0. The fourth-order valence-corrected chi connectivity index (χ4v) is 4.99. The fraction of sp³-hybridized carbons (Fsp3) is 0.333. The highest BCUT2D eigenvalue weighted by Gasteiger charge is 2.35. The van der Waals surface area contributed by atoms with Crippen LogP contribution in [0.3, 0.4) is 0 Å². The number of nitrogens with one attached hydrogen (secondary N) is 1. The molecule has 4 rings (SSSR count). The van der Waals surface area contributed by atoms with Crippen molar-refractivity contribution in [2.75, 3.05) is 11.8 Å². The number of alkyl halides is 3. The Hall–Kier alpha value is -3.47. The van der Waals surface area contributed by atoms with Crippen LogP contribution in [-0.2, 0) is 6.18 Å². The first-order valence-electron chi connectivity index (χ1n) is 11.9. The van der Waals surface area contributed by atoms with Gasteiger partial charge in [-0.25, -0.2) is 14.2 Å². The molecule has 0 spiro atoms. The summed E-state index contributed by atoms with van der Waals surface area (Å²) < 4.78 is 69.5. The van der Waals surface area contributed by atoms with Crippen LogP contribution in [0.5, 0.6) is 5.75 Å². The van der Waals surface area contributed by atoms with E-state index in [0.29, 0.717) is 17.4 Å². The molecule has 0 saturated carbocycles. The summed E-state index contributed by atoms with van der Waals surface area (Å²) in [6.45, 7) is 4.31. The summed E-state index contributed by atoms with van der Waals surface area (Å²) in [5, 5.41) is 9.25. The van der Waals surface area contributed by atoms with E-state index in [1.807, 2.05) is 6.08 Å². The Morgan fingerprint density at radius 3 is 2.63 bits per heavy atom. The molecule has 0 amide bonds. The van der Waals surface area contributed by atoms with Crippen LogP contribution in [0.2, 0.25) is 0 Å². The van der Waals surface area contributed by atoms with Gasteiger partial charge in [0.2, 0.25) is 5.89 Å². The van der Waals surface area contributed by atoms with Gasteiger partial charge in [-0.05, 0) is 60.4 Å². The van der Waals surface area contributed by atoms with Gasteiger partial charge in [0.25, 0.3) is 0 Å². The molecule has 1 aliphatic carbocycles. The van der Waals surface area contributed by atoms with Crippen LogP contribution in [0.15, 0.2) is 52.1 Å². The standard InChI is InChI=1S/C27H26F4N2O4S/c1-14(2)15-4-6-16(7-5-15)17-8-9-18(20(10-17)27(29,30)31)25-32-24(13-37-25)38-33-22-12-21(28)19(26(34)35)11-23(22)36-3/h6,8-15,33H,4-5,7H2,1-3H3,(H,34,35). The molecule has 1 heterocycles. The van der Waals surface area contributed by atoms with E-state index >= 15 is 0 Å². The van der Waals surface area contributed by atoms with E-state index in [1.165, 1.54) is 19.4 Å². The summed E-state index contributed by atoms with van der Waals surface area (Å²) >= 11 is 0.844. The number of ether oxygens (including phenoxy) is 1. The molecule has 2 N–H and O–H groups in total. The van der Waals surface area contributed by atoms with Gasteiger partial charge >= 0.3 is 12.1 Å². The molecule has 0 fully saturated rings. The molecule has 3 aromatic rings. The zero-order valence-corrected chi connectivity index (χ0v) is 21.7. The Labute approximate surface area is 221 Å². The first kappa shape index (κ1) is 27.6. The third kappa shape index (κ3) is 5.98. The van der Waals surface area contributed by atoms with Crippen molar-refractivity contribution in [3.63, 3.8) is 0 Å². The zero-order chi connectivity index (χ0) is 27.6. The number of nitrogens with zero attached hydrogens (tertiary/aromatic N) is 1. The second-order valence-corrected chi connectivity index (χ2v) is 10.1. The SMILES string of the molecule is COc1cc(C(=O)O)c(F)cc1NSc1coc(-c2ccc(C3=CCC(C(C)C)CC3)cc2C(F)(F)F)n1. The highest BCUT2D eigenvalue weighted by atomic mass is 32.2. The molecule has 1 aromatic heterocycles. The highest BCUT2D eigenvalue weighted by Crippen LogP contribution is 2.41. The Kier molecular flexibility index (Phi) is 8.05. The Morgan fingerprint density at radius 1 is 1.26 bits per heavy atom. The summed E-state index contributed by atoms with van der Waals surface area (Å²) in [6.07, 6.45) is 1.09. The van der Waals surface area contributed by atoms with Crippen LogP contribution in [0.25, 0.3) is 17.0 Å². The molecule has 6 nitrogen and oxygen atoms in total. The van der Waals surface area contributed by atoms with Crippen LogP contribution in [-0.4, -0.2) is 23.2 Å². The van der Waals surface area contributed by atoms with Gasteiger partial charge < -0.3 is 19.0 Å². The van der Waals surface area contributed by atoms with Gasteiger partial charge in [-0.15, -0.1) is 0 Å². The summed E-state index contributed by atoms with van der Waals surface area (Å²) in [5.41, 5.74) is -0.0505. The van der Waals surface area contributed by atoms with Gasteiger partial charge in [-0.3, -0.25) is 0 Å². The van der Waals surface area contributed by atoms with Crippen molar-refractivity contribution in [1.29, 1.82) is 0 Å². The van der Waals surface area contributed by atoms with Gasteiger partial charge in [0.15, 0.2) is 5.03 Å². The van der Waals surface area contributed by atoms with Crippen molar-refractivity contribution in [2.24, 2.45) is 11.8 Å². The van der Waals surface area contributed by atoms with Crippen LogP contribution >= 0.6 is 11.9 Å². The minimum absolute atomic E-state index is 0.0618. The number of methoxy groups -OCH3 is 1. The number of hydrogen-bond acceptors (Lipinski definition) is 6. The van der Waals surface area contributed by atoms with Crippen molar-refractivity contribution < 1.29 is 36.6 Å². The van der Waals surface area contributed by atoms with Crippen molar-refractivity contribution in [3.8, 4) is 17.2 Å². The molecular formula is C27H26F4N2O4S. The van der Waals surface area contributed by atoms with Crippen LogP contribution in [0.1, 0.15) is 54.6 Å². The average molecular weight is 551 g/mol. The average Bonchev–Trinajstić information content (AvgIpc) is 3.35. The minimum Gasteiger partial charge on any atom is -0.495 e. The number of aromatic nitrogens is 1. The van der Waals surface area contributed by atoms with Gasteiger partial charge in [0.1, 0.15) is 17.8 Å². The summed E-state index contributed by atoms with van der Waals surface area (Å²) in [4.78, 5) is 15.3. The van der Waals surface area contributed by atoms with Crippen molar-refractivity contribution in [1.82, 2.24) is 4.98 Å². The molecule has 1 unspecified atom stereocenters. The molecule has 0 bridgehead atoms. The number of halogens is 4. The molecule has 11 heteroatoms. The lowest BCUT2D eigenvalue weighted by molar-refractivity contribution is -0.137. The Morgan fingerprint density at radius 2 is 2.03 bits per heavy atom. The predicted octanol–water partition coefficient (Wildman–Crippen LogP) is 8.17. The van der Waals surface area contributed by atoms with E-state index in [2.05, 4.69) is 23.6 Å². The number of rotatable bonds is 8. The van der Waals surface area contributed by atoms with Gasteiger partial charge in [0, 0.05) is 23.6 Å². The van der Waals surface area contributed by atoms with E-state index < -0.39 is 29.1 Å². The number of allylic oxidation sites excluding steroid dienone is 2. The molecule has 38 heavy (non-hydrogen) atoms. The minimum atomic E-state index is -4.63. The number of carboxylic acid groups (broad SMARTS) is 1. The number of oxazole rings is 1. The molecule has 0 radical (unpaired) electrons. The normalized spacial score (nSPS) is 15.9. The molecule has 1 atom stereocenters. The fourth-order valence-electron chi connectivity index (χ4n) is 4.39. The molecule has 2 aromatic carbocycles. The van der Waals surface area contributed by atoms with Gasteiger partial charge in [-0.2, -0.15) is 13.2 Å². The molecule has 0 saturated heterocycles. The molecule has 202 valence electrons. The largest absolute Gasteiger partial charge is 0.495 e. The second kappa shape index (κ2) is 11.1. The maximum atomic E-state index is 14.1. The highest BCUT2D eigenvalue weighted by molar-refractivity contribution is 8.00. The lowest BCUT2D eigenvalue weighted by atomic mass is 9.80. The number of carbonyl (C=O) groups is 1. The van der Waals surface area contributed by atoms with E-state index in [9.17, 15) is 22.4 Å². The summed E-state index contributed by atoms with van der Waals surface area (Å²) in [6, 6.07) is 6.13. The molecular weight excluding hydrogens is 524 g/mol. The van der Waals surface area contributed by atoms with Crippen LogP contribution < -0.4 is 9.46 Å². The van der Waals surface area contributed by atoms with Crippen LogP contribution in [0, 0.1) is 17.7 Å². The quantitative estimate of drug-likeness (QED) is 0.216. The molecule has 0 aliphatic heterocycles. The van der Waals surface area contributed by atoms with Crippen LogP contribution in [0.4, 0.5) is 23.2 Å². The maximum absolute atomic E-state index is 14.1. The predicted molar refractivity (Wildman–Crippen MR) is 136 cm³/mol. The number of hydrogen-bond donors (Lipinski definition) is 2. The molecule has 1 aliphatic rings. The van der Waals surface area contributed by atoms with Crippen molar-refractivity contribution in [3.05, 3.63) is 65.2 Å². The summed E-state index contributed by atoms with van der Waals surface area (Å²) in [7, 11) is 1.29. The number of aromatic carboxylic acids is 1. The van der Waals surface area contributed by atoms with Gasteiger partial charge in [-0.1, -0.05) is 26.0 Å². The van der Waals surface area contributed by atoms with Crippen molar-refractivity contribution >= 4 is 29.2 Å². The van der Waals surface area contributed by atoms with E-state index in [1.54, 1.807) is 6.07 Å². The second-order valence-electron chi connectivity index (χ2n) is 9.30. The van der Waals surface area contributed by atoms with Crippen molar-refractivity contribution in [2.45, 2.75) is 44.3 Å². The van der Waals surface area contributed by atoms with E-state index in [4.69, 9.17) is 14.3 Å². The number of anilines is 1. The Balaban J connectivity index is 1.57. The third-order valence-electron chi connectivity index (χ3n) is 6.59. The smallest absolute Gasteiger partial charge is 0.417 e. The summed E-state index contributed by atoms with van der Waals surface area (Å²) in [5.74, 6) is -1.53. The number of carboxylic acids is 1. The zero-order valence-electron chi connectivity index (χ0n) is 20.9. The third-order valence-corrected chi connectivity index (χ3v) is 7.31. The first-order valence-corrected chi connectivity index (χ1v) is 12.7. The van der Waals surface area contributed by atoms with E-state index in [-0.39, 0.29) is 27.9 Å². The maximum Gasteiger partial charge on any atom is 0.417 e. The monoisotopic (exact) mass is 550 g/mol. The van der Waals surface area contributed by atoms with Gasteiger partial charge in [0.05, 0.1) is 23.9 Å². The Bertz CT molecular complexity index is 1370. The lowest BCUT2D eigenvalue weighted by Crippen LogP contribution is -2.12. The topological polar surface area (TPSA) is 84.6 Å².